The van der Waals surface area contributed by atoms with E-state index < -0.39 is 0 Å². The third-order valence-electron chi connectivity index (χ3n) is 5.97. The molecule has 1 aromatic carbocycles. The molecule has 0 aliphatic carbocycles. The zero-order valence-corrected chi connectivity index (χ0v) is 16.6. The Hall–Kier alpha value is -2.27. The summed E-state index contributed by atoms with van der Waals surface area (Å²) >= 11 is 6.32. The van der Waals surface area contributed by atoms with E-state index in [-0.39, 0.29) is 23.8 Å². The third-order valence-corrected chi connectivity index (χ3v) is 6.34. The van der Waals surface area contributed by atoms with Gasteiger partial charge in [0.05, 0.1) is 11.8 Å². The van der Waals surface area contributed by atoms with Crippen molar-refractivity contribution in [3.63, 3.8) is 0 Å². The molecule has 1 unspecified atom stereocenters. The van der Waals surface area contributed by atoms with Gasteiger partial charge in [-0.15, -0.1) is 0 Å². The molecule has 28 heavy (non-hydrogen) atoms. The molecule has 5 nitrogen and oxygen atoms in total. The smallest absolute Gasteiger partial charge is 0.257 e. The van der Waals surface area contributed by atoms with Gasteiger partial charge in [0.15, 0.2) is 0 Å². The number of halogens is 1. The number of carbonyl (C=O) groups is 2. The Morgan fingerprint density at radius 3 is 2.57 bits per heavy atom. The van der Waals surface area contributed by atoms with Gasteiger partial charge in [-0.2, -0.15) is 0 Å². The van der Waals surface area contributed by atoms with Gasteiger partial charge in [-0.25, -0.2) is 0 Å². The second kappa shape index (κ2) is 8.39. The zero-order chi connectivity index (χ0) is 19.5. The lowest BCUT2D eigenvalue weighted by molar-refractivity contribution is -0.137. The molecular formula is C22H25ClN2O3. The first kappa shape index (κ1) is 19.1. The summed E-state index contributed by atoms with van der Waals surface area (Å²) in [5.41, 5.74) is 1.68. The van der Waals surface area contributed by atoms with Crippen molar-refractivity contribution in [2.24, 2.45) is 5.92 Å². The number of rotatable bonds is 4. The van der Waals surface area contributed by atoms with Crippen molar-refractivity contribution in [2.75, 3.05) is 19.6 Å². The summed E-state index contributed by atoms with van der Waals surface area (Å²) < 4.78 is 5.00. The highest BCUT2D eigenvalue weighted by Gasteiger charge is 2.35. The summed E-state index contributed by atoms with van der Waals surface area (Å²) in [4.78, 5) is 29.5. The van der Waals surface area contributed by atoms with Gasteiger partial charge < -0.3 is 14.2 Å². The van der Waals surface area contributed by atoms with E-state index in [9.17, 15) is 9.59 Å². The van der Waals surface area contributed by atoms with E-state index in [1.54, 1.807) is 6.07 Å². The molecule has 3 heterocycles. The molecule has 2 aliphatic heterocycles. The fourth-order valence-corrected chi connectivity index (χ4v) is 4.60. The molecule has 0 spiro atoms. The minimum absolute atomic E-state index is 0.000227. The van der Waals surface area contributed by atoms with Gasteiger partial charge in [0.1, 0.15) is 6.26 Å². The lowest BCUT2D eigenvalue weighted by Gasteiger charge is -2.35. The fraction of sp³-hybridized carbons (Fsp3) is 0.455. The summed E-state index contributed by atoms with van der Waals surface area (Å²) in [5, 5.41) is 0.771. The fourth-order valence-electron chi connectivity index (χ4n) is 4.39. The average Bonchev–Trinajstić information content (AvgIpc) is 3.41. The number of carbonyl (C=O) groups excluding carboxylic acids is 2. The van der Waals surface area contributed by atoms with Crippen LogP contribution in [0.15, 0.2) is 47.3 Å². The van der Waals surface area contributed by atoms with Crippen LogP contribution in [-0.2, 0) is 11.2 Å². The normalized spacial score (nSPS) is 20.5. The molecule has 1 aromatic heterocycles. The van der Waals surface area contributed by atoms with Crippen LogP contribution in [0.2, 0.25) is 5.02 Å². The first-order valence-corrected chi connectivity index (χ1v) is 10.4. The number of hydrogen-bond donors (Lipinski definition) is 0. The van der Waals surface area contributed by atoms with Crippen molar-refractivity contribution in [2.45, 2.75) is 38.1 Å². The highest BCUT2D eigenvalue weighted by Crippen LogP contribution is 2.29. The van der Waals surface area contributed by atoms with Gasteiger partial charge in [0.2, 0.25) is 5.91 Å². The van der Waals surface area contributed by atoms with Crippen molar-refractivity contribution in [1.82, 2.24) is 9.80 Å². The van der Waals surface area contributed by atoms with E-state index in [4.69, 9.17) is 16.0 Å². The Bertz CT molecular complexity index is 828. The predicted molar refractivity (Wildman–Crippen MR) is 107 cm³/mol. The maximum atomic E-state index is 13.2. The van der Waals surface area contributed by atoms with Crippen molar-refractivity contribution < 1.29 is 14.0 Å². The van der Waals surface area contributed by atoms with Crippen LogP contribution in [0, 0.1) is 5.92 Å². The number of nitrogens with zero attached hydrogens (tertiary/aromatic N) is 2. The van der Waals surface area contributed by atoms with E-state index in [1.165, 1.54) is 12.5 Å². The van der Waals surface area contributed by atoms with Gasteiger partial charge >= 0.3 is 0 Å². The Kier molecular flexibility index (Phi) is 5.72. The summed E-state index contributed by atoms with van der Waals surface area (Å²) in [6, 6.07) is 9.78. The van der Waals surface area contributed by atoms with Crippen LogP contribution < -0.4 is 0 Å². The van der Waals surface area contributed by atoms with Gasteiger partial charge in [0, 0.05) is 36.6 Å². The van der Waals surface area contributed by atoms with Crippen molar-refractivity contribution in [3.8, 4) is 0 Å². The number of piperidine rings is 1. The number of benzene rings is 1. The molecule has 0 bridgehead atoms. The number of furan rings is 1. The van der Waals surface area contributed by atoms with Gasteiger partial charge in [-0.1, -0.05) is 29.8 Å². The largest absolute Gasteiger partial charge is 0.472 e. The molecule has 0 saturated carbocycles. The molecule has 2 amide bonds. The first-order valence-electron chi connectivity index (χ1n) is 9.99. The molecule has 0 N–H and O–H groups in total. The van der Waals surface area contributed by atoms with Gasteiger partial charge in [-0.3, -0.25) is 9.59 Å². The van der Waals surface area contributed by atoms with E-state index in [2.05, 4.69) is 4.90 Å². The number of likely N-dealkylation sites (tertiary alicyclic amines) is 2. The van der Waals surface area contributed by atoms with E-state index in [0.717, 1.165) is 49.2 Å². The second-order valence-corrected chi connectivity index (χ2v) is 8.11. The molecule has 2 aromatic rings. The molecule has 2 saturated heterocycles. The summed E-state index contributed by atoms with van der Waals surface area (Å²) in [5.74, 6) is 0.225. The Morgan fingerprint density at radius 2 is 1.86 bits per heavy atom. The summed E-state index contributed by atoms with van der Waals surface area (Å²) in [7, 11) is 0. The minimum atomic E-state index is -0.0163. The zero-order valence-electron chi connectivity index (χ0n) is 15.9. The lowest BCUT2D eigenvalue weighted by atomic mass is 9.94. The van der Waals surface area contributed by atoms with Crippen LogP contribution >= 0.6 is 11.6 Å². The van der Waals surface area contributed by atoms with Crippen LogP contribution in [-0.4, -0.2) is 47.3 Å². The van der Waals surface area contributed by atoms with Crippen molar-refractivity contribution in [3.05, 3.63) is 59.0 Å². The minimum Gasteiger partial charge on any atom is -0.472 e. The van der Waals surface area contributed by atoms with E-state index >= 15 is 0 Å². The van der Waals surface area contributed by atoms with Crippen LogP contribution in [0.4, 0.5) is 0 Å². The highest BCUT2D eigenvalue weighted by atomic mass is 35.5. The highest BCUT2D eigenvalue weighted by molar-refractivity contribution is 6.31. The standard InChI is InChI=1S/C22H25ClN2O3/c23-20-6-2-1-4-17(20)14-19-5-3-10-25(19)22(27)16-7-11-24(12-8-16)21(26)18-9-13-28-15-18/h1-2,4,6,9,13,15-16,19H,3,5,7-8,10-12,14H2. The summed E-state index contributed by atoms with van der Waals surface area (Å²) in [6.45, 7) is 2.05. The molecule has 4 rings (SSSR count). The molecule has 6 heteroatoms. The van der Waals surface area contributed by atoms with Gasteiger partial charge in [0.25, 0.3) is 5.91 Å². The third kappa shape index (κ3) is 3.95. The Morgan fingerprint density at radius 1 is 1.07 bits per heavy atom. The topological polar surface area (TPSA) is 53.8 Å². The molecule has 148 valence electrons. The maximum absolute atomic E-state index is 13.2. The maximum Gasteiger partial charge on any atom is 0.257 e. The summed E-state index contributed by atoms with van der Waals surface area (Å²) in [6.07, 6.45) is 7.30. The van der Waals surface area contributed by atoms with Crippen molar-refractivity contribution >= 4 is 23.4 Å². The number of amides is 2. The van der Waals surface area contributed by atoms with E-state index in [1.807, 2.05) is 29.2 Å². The van der Waals surface area contributed by atoms with Crippen LogP contribution in [0.3, 0.4) is 0 Å². The van der Waals surface area contributed by atoms with E-state index in [0.29, 0.717) is 18.7 Å². The monoisotopic (exact) mass is 400 g/mol. The average molecular weight is 401 g/mol. The van der Waals surface area contributed by atoms with Crippen LogP contribution in [0.5, 0.6) is 0 Å². The van der Waals surface area contributed by atoms with Gasteiger partial charge in [-0.05, 0) is 49.8 Å². The Labute approximate surface area is 170 Å². The SMILES string of the molecule is O=C(c1ccoc1)N1CCC(C(=O)N2CCCC2Cc2ccccc2Cl)CC1. The van der Waals surface area contributed by atoms with Crippen molar-refractivity contribution in [1.29, 1.82) is 0 Å². The molecule has 2 aliphatic rings. The number of hydrogen-bond acceptors (Lipinski definition) is 3. The van der Waals surface area contributed by atoms with Crippen LogP contribution in [0.25, 0.3) is 0 Å². The Balaban J connectivity index is 1.35. The first-order chi connectivity index (χ1) is 13.6. The predicted octanol–water partition coefficient (Wildman–Crippen LogP) is 4.02. The molecule has 0 radical (unpaired) electrons. The molecular weight excluding hydrogens is 376 g/mol. The lowest BCUT2D eigenvalue weighted by Crippen LogP contribution is -2.46. The molecule has 2 fully saturated rings. The second-order valence-electron chi connectivity index (χ2n) is 7.70. The van der Waals surface area contributed by atoms with Crippen LogP contribution in [0.1, 0.15) is 41.6 Å². The quantitative estimate of drug-likeness (QED) is 0.778. The molecule has 1 atom stereocenters.